The molecule has 0 aliphatic heterocycles. The summed E-state index contributed by atoms with van der Waals surface area (Å²) < 4.78 is 45.9. The van der Waals surface area contributed by atoms with Crippen LogP contribution < -0.4 is 15.8 Å². The molecule has 4 rings (SSSR count). The number of para-hydroxylation sites is 2. The molecule has 7 nitrogen and oxygen atoms in total. The van der Waals surface area contributed by atoms with E-state index < -0.39 is 36.3 Å². The summed E-state index contributed by atoms with van der Waals surface area (Å²) in [6.45, 7) is 1.36. The van der Waals surface area contributed by atoms with Crippen molar-refractivity contribution in [3.05, 3.63) is 84.2 Å². The van der Waals surface area contributed by atoms with Gasteiger partial charge in [0.25, 0.3) is 0 Å². The lowest BCUT2D eigenvalue weighted by molar-refractivity contribution is -0.137. The van der Waals surface area contributed by atoms with Crippen molar-refractivity contribution < 1.29 is 27.8 Å². The Morgan fingerprint density at radius 3 is 2.23 bits per heavy atom. The van der Waals surface area contributed by atoms with Gasteiger partial charge in [-0.25, -0.2) is 4.98 Å². The van der Waals surface area contributed by atoms with E-state index in [9.17, 15) is 23.1 Å². The van der Waals surface area contributed by atoms with E-state index >= 15 is 0 Å². The minimum atomic E-state index is -4.41. The van der Waals surface area contributed by atoms with Crippen LogP contribution in [0, 0.1) is 0 Å². The third-order valence-electron chi connectivity index (χ3n) is 5.46. The predicted octanol–water partition coefficient (Wildman–Crippen LogP) is 4.33. The van der Waals surface area contributed by atoms with Crippen LogP contribution in [0.15, 0.2) is 72.8 Å². The second kappa shape index (κ2) is 9.77. The molecule has 3 aromatic carbocycles. The second-order valence-electron chi connectivity index (χ2n) is 7.94. The maximum absolute atomic E-state index is 12.8. The van der Waals surface area contributed by atoms with Crippen LogP contribution >= 0.6 is 0 Å². The van der Waals surface area contributed by atoms with E-state index in [4.69, 9.17) is 15.5 Å². The number of carbonyl (C=O) groups is 1. The van der Waals surface area contributed by atoms with Crippen LogP contribution in [0.25, 0.3) is 16.7 Å². The van der Waals surface area contributed by atoms with E-state index in [0.717, 1.165) is 28.9 Å². The number of rotatable bonds is 8. The third kappa shape index (κ3) is 5.28. The van der Waals surface area contributed by atoms with Crippen molar-refractivity contribution in [3.8, 4) is 17.2 Å². The normalized spacial score (nSPS) is 13.5. The first-order chi connectivity index (χ1) is 16.7. The van der Waals surface area contributed by atoms with Crippen LogP contribution in [0.3, 0.4) is 0 Å². The number of hydrogen-bond donors (Lipinski definition) is 3. The number of nitrogens with one attached hydrogen (secondary N) is 1. The van der Waals surface area contributed by atoms with Crippen LogP contribution in [-0.2, 0) is 11.0 Å². The number of aliphatic hydroxyl groups excluding tert-OH is 1. The number of alkyl halides is 3. The SMILES string of the molecule is CC(NC(CO)C(N)=O)c1nc2ccccc2n1-c1ccc(Oc2ccc(C(F)(F)F)cc2)cc1. The summed E-state index contributed by atoms with van der Waals surface area (Å²) in [5.41, 5.74) is 6.92. The minimum absolute atomic E-state index is 0.277. The van der Waals surface area contributed by atoms with Crippen LogP contribution in [0.5, 0.6) is 11.5 Å². The molecule has 0 spiro atoms. The van der Waals surface area contributed by atoms with Gasteiger partial charge in [0.15, 0.2) is 0 Å². The van der Waals surface area contributed by atoms with Crippen molar-refractivity contribution in [2.24, 2.45) is 5.73 Å². The number of imidazole rings is 1. The predicted molar refractivity (Wildman–Crippen MR) is 124 cm³/mol. The van der Waals surface area contributed by atoms with E-state index in [1.165, 1.54) is 12.1 Å². The fraction of sp³-hybridized carbons (Fsp3) is 0.200. The van der Waals surface area contributed by atoms with Crippen LogP contribution in [0.2, 0.25) is 0 Å². The molecule has 2 atom stereocenters. The molecule has 0 bridgehead atoms. The van der Waals surface area contributed by atoms with Gasteiger partial charge in [-0.1, -0.05) is 12.1 Å². The number of nitrogens with zero attached hydrogens (tertiary/aromatic N) is 2. The van der Waals surface area contributed by atoms with Crippen molar-refractivity contribution in [1.82, 2.24) is 14.9 Å². The topological polar surface area (TPSA) is 102 Å². The average molecular weight is 484 g/mol. The molecule has 1 aromatic heterocycles. The monoisotopic (exact) mass is 484 g/mol. The number of amides is 1. The lowest BCUT2D eigenvalue weighted by Gasteiger charge is -2.20. The Hall–Kier alpha value is -3.89. The van der Waals surface area contributed by atoms with Gasteiger partial charge >= 0.3 is 6.18 Å². The molecule has 4 N–H and O–H groups in total. The van der Waals surface area contributed by atoms with E-state index in [-0.39, 0.29) is 5.75 Å². The summed E-state index contributed by atoms with van der Waals surface area (Å²) in [7, 11) is 0. The summed E-state index contributed by atoms with van der Waals surface area (Å²) in [4.78, 5) is 16.3. The van der Waals surface area contributed by atoms with Gasteiger partial charge in [-0.2, -0.15) is 13.2 Å². The average Bonchev–Trinajstić information content (AvgIpc) is 3.22. The molecular formula is C25H23F3N4O3. The maximum atomic E-state index is 12.8. The zero-order valence-electron chi connectivity index (χ0n) is 18.7. The Balaban J connectivity index is 1.63. The highest BCUT2D eigenvalue weighted by atomic mass is 19.4. The van der Waals surface area contributed by atoms with Gasteiger partial charge in [0, 0.05) is 5.69 Å². The van der Waals surface area contributed by atoms with Crippen LogP contribution in [0.1, 0.15) is 24.4 Å². The molecule has 4 aromatic rings. The van der Waals surface area contributed by atoms with Crippen molar-refractivity contribution in [3.63, 3.8) is 0 Å². The van der Waals surface area contributed by atoms with Gasteiger partial charge in [0.05, 0.1) is 29.2 Å². The molecule has 0 fully saturated rings. The number of primary amides is 1. The number of nitrogens with two attached hydrogens (primary N) is 1. The first-order valence-electron chi connectivity index (χ1n) is 10.8. The van der Waals surface area contributed by atoms with E-state index in [1.54, 1.807) is 24.3 Å². The molecule has 0 saturated carbocycles. The zero-order valence-corrected chi connectivity index (χ0v) is 18.7. The number of halogens is 3. The zero-order chi connectivity index (χ0) is 25.2. The third-order valence-corrected chi connectivity index (χ3v) is 5.46. The number of hydrogen-bond acceptors (Lipinski definition) is 5. The summed E-state index contributed by atoms with van der Waals surface area (Å²) in [5, 5.41) is 12.5. The van der Waals surface area contributed by atoms with Crippen molar-refractivity contribution in [2.45, 2.75) is 25.2 Å². The fourth-order valence-corrected chi connectivity index (χ4v) is 3.72. The molecule has 182 valence electrons. The Labute approximate surface area is 199 Å². The number of benzene rings is 3. The van der Waals surface area contributed by atoms with Gasteiger partial charge in [0.2, 0.25) is 5.91 Å². The molecule has 1 amide bonds. The van der Waals surface area contributed by atoms with Gasteiger partial charge in [0.1, 0.15) is 23.4 Å². The number of aromatic nitrogens is 2. The van der Waals surface area contributed by atoms with Gasteiger partial charge < -0.3 is 15.6 Å². The molecule has 1 heterocycles. The minimum Gasteiger partial charge on any atom is -0.457 e. The summed E-state index contributed by atoms with van der Waals surface area (Å²) in [5.74, 6) is 0.646. The Morgan fingerprint density at radius 1 is 1.06 bits per heavy atom. The molecule has 0 radical (unpaired) electrons. The highest BCUT2D eigenvalue weighted by molar-refractivity contribution is 5.80. The van der Waals surface area contributed by atoms with Crippen molar-refractivity contribution >= 4 is 16.9 Å². The Kier molecular flexibility index (Phi) is 6.77. The largest absolute Gasteiger partial charge is 0.457 e. The first kappa shape index (κ1) is 24.2. The van der Waals surface area contributed by atoms with E-state index in [1.807, 2.05) is 35.8 Å². The molecule has 0 saturated heterocycles. The summed E-state index contributed by atoms with van der Waals surface area (Å²) in [6, 6.07) is 17.6. The fourth-order valence-electron chi connectivity index (χ4n) is 3.72. The van der Waals surface area contributed by atoms with Gasteiger partial charge in [-0.3, -0.25) is 14.7 Å². The molecular weight excluding hydrogens is 461 g/mol. The number of carbonyl (C=O) groups excluding carboxylic acids is 1. The van der Waals surface area contributed by atoms with E-state index in [0.29, 0.717) is 11.6 Å². The Morgan fingerprint density at radius 2 is 1.66 bits per heavy atom. The quantitative estimate of drug-likeness (QED) is 0.346. The first-order valence-corrected chi connectivity index (χ1v) is 10.8. The molecule has 35 heavy (non-hydrogen) atoms. The van der Waals surface area contributed by atoms with Crippen molar-refractivity contribution in [1.29, 1.82) is 0 Å². The van der Waals surface area contributed by atoms with Crippen LogP contribution in [0.4, 0.5) is 13.2 Å². The number of fused-ring (bicyclic) bond motifs is 1. The molecule has 2 unspecified atom stereocenters. The highest BCUT2D eigenvalue weighted by Gasteiger charge is 2.30. The number of ether oxygens (including phenoxy) is 1. The Bertz CT molecular complexity index is 1320. The smallest absolute Gasteiger partial charge is 0.416 e. The standard InChI is InChI=1S/C25H23F3N4O3/c1-15(30-21(14-33)23(29)34)24-31-20-4-2-3-5-22(20)32(24)17-8-12-19(13-9-17)35-18-10-6-16(7-11-18)25(26,27)28/h2-13,15,21,30,33H,14H2,1H3,(H2,29,34). The van der Waals surface area contributed by atoms with Crippen LogP contribution in [-0.4, -0.2) is 33.2 Å². The van der Waals surface area contributed by atoms with Gasteiger partial charge in [-0.15, -0.1) is 0 Å². The van der Waals surface area contributed by atoms with Gasteiger partial charge in [-0.05, 0) is 67.6 Å². The molecule has 0 aliphatic carbocycles. The molecule has 0 aliphatic rings. The lowest BCUT2D eigenvalue weighted by atomic mass is 10.2. The summed E-state index contributed by atoms with van der Waals surface area (Å²) in [6.07, 6.45) is -4.41. The summed E-state index contributed by atoms with van der Waals surface area (Å²) >= 11 is 0. The lowest BCUT2D eigenvalue weighted by Crippen LogP contribution is -2.45. The van der Waals surface area contributed by atoms with E-state index in [2.05, 4.69) is 5.32 Å². The maximum Gasteiger partial charge on any atom is 0.416 e. The highest BCUT2D eigenvalue weighted by Crippen LogP contribution is 2.32. The molecule has 10 heteroatoms. The second-order valence-corrected chi connectivity index (χ2v) is 7.94. The van der Waals surface area contributed by atoms with Crippen molar-refractivity contribution in [2.75, 3.05) is 6.61 Å². The number of aliphatic hydroxyl groups is 1.